The molecule has 2 N–H and O–H groups in total. The average molecular weight is 462 g/mol. The highest BCUT2D eigenvalue weighted by atomic mass is 32.2. The van der Waals surface area contributed by atoms with Gasteiger partial charge in [-0.15, -0.1) is 0 Å². The second-order valence-electron chi connectivity index (χ2n) is 7.37. The minimum Gasteiger partial charge on any atom is -0.497 e. The predicted molar refractivity (Wildman–Crippen MR) is 130 cm³/mol. The highest BCUT2D eigenvalue weighted by Gasteiger charge is 2.24. The van der Waals surface area contributed by atoms with Gasteiger partial charge in [-0.05, 0) is 48.9 Å². The number of methoxy groups -OCH3 is 1. The second-order valence-corrected chi connectivity index (χ2v) is 8.19. The Morgan fingerprint density at radius 3 is 2.55 bits per heavy atom. The molecule has 4 aromatic rings. The highest BCUT2D eigenvalue weighted by molar-refractivity contribution is 7.81. The first-order valence-corrected chi connectivity index (χ1v) is 11.3. The van der Waals surface area contributed by atoms with Crippen LogP contribution in [0.3, 0.4) is 0 Å². The van der Waals surface area contributed by atoms with Crippen molar-refractivity contribution in [3.8, 4) is 5.75 Å². The number of para-hydroxylation sites is 2. The molecule has 1 amide bonds. The van der Waals surface area contributed by atoms with E-state index in [2.05, 4.69) is 10.3 Å². The highest BCUT2D eigenvalue weighted by Crippen LogP contribution is 2.34. The molecule has 3 aromatic carbocycles. The second kappa shape index (κ2) is 9.81. The van der Waals surface area contributed by atoms with Crippen LogP contribution in [0.5, 0.6) is 5.75 Å². The molecular formula is C25H23N3O4S. The molecule has 168 valence electrons. The Hall–Kier alpha value is -3.75. The van der Waals surface area contributed by atoms with Crippen LogP contribution in [0.2, 0.25) is 0 Å². The number of carbonyl (C=O) groups is 1. The average Bonchev–Trinajstić information content (AvgIpc) is 2.84. The van der Waals surface area contributed by atoms with Crippen LogP contribution in [0.15, 0.2) is 85.1 Å². The van der Waals surface area contributed by atoms with E-state index in [0.29, 0.717) is 22.6 Å². The van der Waals surface area contributed by atoms with Crippen molar-refractivity contribution in [3.05, 3.63) is 96.2 Å². The molecule has 2 unspecified atom stereocenters. The molecule has 4 rings (SSSR count). The van der Waals surface area contributed by atoms with Gasteiger partial charge in [0.15, 0.2) is 0 Å². The Morgan fingerprint density at radius 1 is 1.03 bits per heavy atom. The predicted octanol–water partition coefficient (Wildman–Crippen LogP) is 5.01. The summed E-state index contributed by atoms with van der Waals surface area (Å²) in [6.45, 7) is 1.87. The normalized spacial score (nSPS) is 12.7. The number of ether oxygens (including phenoxy) is 1. The van der Waals surface area contributed by atoms with Crippen LogP contribution in [0.25, 0.3) is 10.9 Å². The Balaban J connectivity index is 1.72. The fraction of sp³-hybridized carbons (Fsp3) is 0.120. The van der Waals surface area contributed by atoms with Crippen LogP contribution in [0.4, 0.5) is 11.4 Å². The van der Waals surface area contributed by atoms with Gasteiger partial charge >= 0.3 is 0 Å². The quantitative estimate of drug-likeness (QED) is 0.378. The number of nitrogens with one attached hydrogen (secondary N) is 1. The zero-order chi connectivity index (χ0) is 23.4. The molecule has 0 spiro atoms. The number of carbonyl (C=O) groups excluding carboxylic acids is 1. The van der Waals surface area contributed by atoms with E-state index < -0.39 is 11.3 Å². The maximum atomic E-state index is 13.3. The zero-order valence-electron chi connectivity index (χ0n) is 18.1. The largest absolute Gasteiger partial charge is 0.497 e. The number of benzene rings is 3. The van der Waals surface area contributed by atoms with E-state index in [-0.39, 0.29) is 17.5 Å². The summed E-state index contributed by atoms with van der Waals surface area (Å²) in [5.41, 5.74) is 2.42. The minimum atomic E-state index is -2.44. The summed E-state index contributed by atoms with van der Waals surface area (Å²) >= 11 is -2.44. The van der Waals surface area contributed by atoms with E-state index in [1.807, 2.05) is 43.3 Å². The first kappa shape index (κ1) is 22.4. The Labute approximate surface area is 194 Å². The summed E-state index contributed by atoms with van der Waals surface area (Å²) in [6.07, 6.45) is 1.62. The molecule has 0 aliphatic carbocycles. The first-order valence-electron chi connectivity index (χ1n) is 10.3. The summed E-state index contributed by atoms with van der Waals surface area (Å²) in [6, 6.07) is 22.9. The van der Waals surface area contributed by atoms with E-state index in [0.717, 1.165) is 10.9 Å². The van der Waals surface area contributed by atoms with Crippen molar-refractivity contribution >= 4 is 39.5 Å². The Morgan fingerprint density at radius 2 is 1.76 bits per heavy atom. The molecule has 0 saturated heterocycles. The molecule has 0 bridgehead atoms. The lowest BCUT2D eigenvalue weighted by Crippen LogP contribution is -2.29. The van der Waals surface area contributed by atoms with E-state index in [4.69, 9.17) is 4.74 Å². The van der Waals surface area contributed by atoms with Crippen molar-refractivity contribution < 1.29 is 18.3 Å². The number of hydrogen-bond acceptors (Lipinski definition) is 4. The lowest BCUT2D eigenvalue weighted by atomic mass is 10.1. The molecule has 33 heavy (non-hydrogen) atoms. The number of anilines is 2. The van der Waals surface area contributed by atoms with E-state index in [1.54, 1.807) is 55.8 Å². The fourth-order valence-corrected chi connectivity index (χ4v) is 4.30. The van der Waals surface area contributed by atoms with Crippen LogP contribution in [0.1, 0.15) is 28.9 Å². The zero-order valence-corrected chi connectivity index (χ0v) is 19.0. The first-order chi connectivity index (χ1) is 16.0. The SMILES string of the molecule is COc1cccc(C(C)NC(=O)c2ccccc2N(c2cccc3cccnc23)S(=O)O)c1. The molecular weight excluding hydrogens is 438 g/mol. The van der Waals surface area contributed by atoms with E-state index in [1.165, 1.54) is 4.31 Å². The van der Waals surface area contributed by atoms with Gasteiger partial charge in [0.2, 0.25) is 0 Å². The van der Waals surface area contributed by atoms with Crippen molar-refractivity contribution in [2.45, 2.75) is 13.0 Å². The minimum absolute atomic E-state index is 0.266. The van der Waals surface area contributed by atoms with Crippen molar-refractivity contribution in [2.24, 2.45) is 0 Å². The number of amides is 1. The molecule has 7 nitrogen and oxygen atoms in total. The van der Waals surface area contributed by atoms with Gasteiger partial charge in [0.1, 0.15) is 5.75 Å². The summed E-state index contributed by atoms with van der Waals surface area (Å²) in [5.74, 6) is 0.323. The molecule has 1 heterocycles. The molecule has 0 aliphatic heterocycles. The van der Waals surface area contributed by atoms with E-state index in [9.17, 15) is 13.6 Å². The maximum Gasteiger partial charge on any atom is 0.266 e. The van der Waals surface area contributed by atoms with Crippen LogP contribution < -0.4 is 14.4 Å². The van der Waals surface area contributed by atoms with Gasteiger partial charge in [0.25, 0.3) is 17.2 Å². The molecule has 0 aliphatic rings. The van der Waals surface area contributed by atoms with Gasteiger partial charge in [0.05, 0.1) is 35.6 Å². The Kier molecular flexibility index (Phi) is 6.67. The molecule has 1 aromatic heterocycles. The summed E-state index contributed by atoms with van der Waals surface area (Å²) in [4.78, 5) is 17.6. The van der Waals surface area contributed by atoms with Gasteiger partial charge < -0.3 is 10.1 Å². The monoisotopic (exact) mass is 461 g/mol. The molecule has 0 fully saturated rings. The van der Waals surface area contributed by atoms with Crippen molar-refractivity contribution in [3.63, 3.8) is 0 Å². The lowest BCUT2D eigenvalue weighted by molar-refractivity contribution is 0.0940. The molecule has 0 saturated carbocycles. The lowest BCUT2D eigenvalue weighted by Gasteiger charge is -2.24. The van der Waals surface area contributed by atoms with E-state index >= 15 is 0 Å². The Bertz CT molecular complexity index is 1320. The van der Waals surface area contributed by atoms with Crippen LogP contribution in [-0.2, 0) is 11.3 Å². The third-order valence-electron chi connectivity index (χ3n) is 5.30. The van der Waals surface area contributed by atoms with Crippen molar-refractivity contribution in [1.29, 1.82) is 0 Å². The van der Waals surface area contributed by atoms with Gasteiger partial charge in [0, 0.05) is 11.6 Å². The molecule has 8 heteroatoms. The standard InChI is InChI=1S/C25H23N3O4S/c1-17(19-9-5-11-20(16-19)32-2)27-25(29)21-12-3-4-13-22(21)28(33(30)31)23-14-6-8-18-10-7-15-26-24(18)23/h3-17H,1-2H3,(H,27,29)(H,30,31). The van der Waals surface area contributed by atoms with Crippen LogP contribution in [0, 0.1) is 0 Å². The third kappa shape index (κ3) is 4.72. The number of pyridine rings is 1. The number of rotatable bonds is 7. The van der Waals surface area contributed by atoms with Crippen LogP contribution >= 0.6 is 0 Å². The summed E-state index contributed by atoms with van der Waals surface area (Å²) in [7, 11) is 1.59. The summed E-state index contributed by atoms with van der Waals surface area (Å²) < 4.78 is 29.2. The van der Waals surface area contributed by atoms with Crippen LogP contribution in [-0.4, -0.2) is 26.8 Å². The molecule has 2 atom stereocenters. The van der Waals surface area contributed by atoms with Crippen molar-refractivity contribution in [1.82, 2.24) is 10.3 Å². The number of aromatic nitrogens is 1. The summed E-state index contributed by atoms with van der Waals surface area (Å²) in [5, 5.41) is 3.79. The maximum absolute atomic E-state index is 13.3. The smallest absolute Gasteiger partial charge is 0.266 e. The van der Waals surface area contributed by atoms with Gasteiger partial charge in [-0.25, -0.2) is 8.51 Å². The fourth-order valence-electron chi connectivity index (χ4n) is 3.66. The third-order valence-corrected chi connectivity index (χ3v) is 6.00. The van der Waals surface area contributed by atoms with Gasteiger partial charge in [-0.2, -0.15) is 0 Å². The van der Waals surface area contributed by atoms with Gasteiger partial charge in [-0.1, -0.05) is 42.5 Å². The number of fused-ring (bicyclic) bond motifs is 1. The topological polar surface area (TPSA) is 91.8 Å². The van der Waals surface area contributed by atoms with Crippen molar-refractivity contribution in [2.75, 3.05) is 11.4 Å². The van der Waals surface area contributed by atoms with Gasteiger partial charge in [-0.3, -0.25) is 14.3 Å². The molecule has 0 radical (unpaired) electrons. The number of hydrogen-bond donors (Lipinski definition) is 2. The number of nitrogens with zero attached hydrogens (tertiary/aromatic N) is 2.